The van der Waals surface area contributed by atoms with Crippen molar-refractivity contribution in [1.29, 1.82) is 0 Å². The van der Waals surface area contributed by atoms with E-state index in [4.69, 9.17) is 5.73 Å². The average molecular weight is 268 g/mol. The molecule has 1 aromatic rings. The van der Waals surface area contributed by atoms with E-state index in [1.165, 1.54) is 23.9 Å². The number of nitrogens with two attached hydrogens (primary N) is 1. The summed E-state index contributed by atoms with van der Waals surface area (Å²) in [4.78, 5) is 12.5. The minimum atomic E-state index is -0.297. The predicted octanol–water partition coefficient (Wildman–Crippen LogP) is 2.22. The van der Waals surface area contributed by atoms with Gasteiger partial charge in [-0.25, -0.2) is 4.39 Å². The Kier molecular flexibility index (Phi) is 4.24. The average Bonchev–Trinajstić information content (AvgIpc) is 3.11. The van der Waals surface area contributed by atoms with Crippen molar-refractivity contribution in [3.05, 3.63) is 29.6 Å². The Morgan fingerprint density at radius 2 is 2.33 bits per heavy atom. The van der Waals surface area contributed by atoms with Gasteiger partial charge in [0.15, 0.2) is 0 Å². The summed E-state index contributed by atoms with van der Waals surface area (Å²) in [5, 5.41) is 2.92. The van der Waals surface area contributed by atoms with Gasteiger partial charge in [-0.2, -0.15) is 0 Å². The van der Waals surface area contributed by atoms with Crippen LogP contribution in [0, 0.1) is 5.82 Å². The van der Waals surface area contributed by atoms with Gasteiger partial charge in [-0.3, -0.25) is 4.79 Å². The molecule has 18 heavy (non-hydrogen) atoms. The van der Waals surface area contributed by atoms with Gasteiger partial charge in [0, 0.05) is 17.0 Å². The zero-order valence-electron chi connectivity index (χ0n) is 10.3. The highest BCUT2D eigenvalue weighted by molar-refractivity contribution is 8.00. The maximum atomic E-state index is 13.1. The highest BCUT2D eigenvalue weighted by atomic mass is 32.2. The number of nitrogens with one attached hydrogen (secondary N) is 1. The maximum absolute atomic E-state index is 13.1. The number of amides is 1. The van der Waals surface area contributed by atoms with Gasteiger partial charge in [0.25, 0.3) is 0 Å². The van der Waals surface area contributed by atoms with E-state index in [1.807, 2.05) is 6.92 Å². The topological polar surface area (TPSA) is 55.1 Å². The fourth-order valence-electron chi connectivity index (χ4n) is 1.65. The molecular formula is C13H17FN2OS. The number of benzene rings is 1. The molecule has 5 heteroatoms. The Hall–Kier alpha value is -1.07. The third-order valence-corrected chi connectivity index (χ3v) is 3.85. The van der Waals surface area contributed by atoms with E-state index in [9.17, 15) is 9.18 Å². The van der Waals surface area contributed by atoms with E-state index in [-0.39, 0.29) is 17.8 Å². The Bertz CT molecular complexity index is 447. The number of carbonyl (C=O) groups excluding carboxylic acids is 1. The number of hydrogen-bond acceptors (Lipinski definition) is 3. The molecule has 1 fully saturated rings. The molecule has 0 radical (unpaired) electrons. The van der Waals surface area contributed by atoms with Crippen LogP contribution < -0.4 is 11.1 Å². The first-order valence-electron chi connectivity index (χ1n) is 6.03. The second kappa shape index (κ2) is 5.71. The summed E-state index contributed by atoms with van der Waals surface area (Å²) in [6, 6.07) is 4.65. The number of rotatable bonds is 5. The van der Waals surface area contributed by atoms with Crippen molar-refractivity contribution in [3.63, 3.8) is 0 Å². The standard InChI is InChI=1S/C13H17FN2OS/c1-8(15)11-6-9(14)2-5-12(11)18-7-13(17)16-10-3-4-10/h2,5-6,8,10H,3-4,7,15H2,1H3,(H,16,17)/t8-/m0/s1. The Labute approximate surface area is 110 Å². The summed E-state index contributed by atoms with van der Waals surface area (Å²) in [7, 11) is 0. The Balaban J connectivity index is 1.96. The molecule has 0 saturated heterocycles. The largest absolute Gasteiger partial charge is 0.353 e. The first-order valence-corrected chi connectivity index (χ1v) is 7.02. The summed E-state index contributed by atoms with van der Waals surface area (Å²) in [5.74, 6) is 0.0820. The van der Waals surface area contributed by atoms with Crippen molar-refractivity contribution >= 4 is 17.7 Å². The lowest BCUT2D eigenvalue weighted by molar-refractivity contribution is -0.118. The molecule has 0 unspecified atom stereocenters. The van der Waals surface area contributed by atoms with Gasteiger partial charge in [0.05, 0.1) is 5.75 Å². The maximum Gasteiger partial charge on any atom is 0.230 e. The molecule has 3 nitrogen and oxygen atoms in total. The van der Waals surface area contributed by atoms with E-state index in [1.54, 1.807) is 6.07 Å². The van der Waals surface area contributed by atoms with Crippen molar-refractivity contribution in [2.45, 2.75) is 36.7 Å². The van der Waals surface area contributed by atoms with Crippen LogP contribution in [0.4, 0.5) is 4.39 Å². The SMILES string of the molecule is C[C@H](N)c1cc(F)ccc1SCC(=O)NC1CC1. The fourth-order valence-corrected chi connectivity index (χ4v) is 2.59. The molecule has 1 saturated carbocycles. The van der Waals surface area contributed by atoms with Gasteiger partial charge < -0.3 is 11.1 Å². The molecule has 0 heterocycles. The molecule has 1 aromatic carbocycles. The van der Waals surface area contributed by atoms with Crippen molar-refractivity contribution in [2.24, 2.45) is 5.73 Å². The zero-order valence-corrected chi connectivity index (χ0v) is 11.1. The zero-order chi connectivity index (χ0) is 13.1. The lowest BCUT2D eigenvalue weighted by Crippen LogP contribution is -2.27. The number of carbonyl (C=O) groups is 1. The molecule has 0 spiro atoms. The normalized spacial score (nSPS) is 16.4. The highest BCUT2D eigenvalue weighted by Crippen LogP contribution is 2.27. The molecule has 98 valence electrons. The molecule has 0 aromatic heterocycles. The first kappa shape index (κ1) is 13.4. The van der Waals surface area contributed by atoms with Crippen molar-refractivity contribution in [1.82, 2.24) is 5.32 Å². The lowest BCUT2D eigenvalue weighted by atomic mass is 10.1. The van der Waals surface area contributed by atoms with Crippen LogP contribution in [-0.2, 0) is 4.79 Å². The summed E-state index contributed by atoms with van der Waals surface area (Å²) >= 11 is 1.40. The van der Waals surface area contributed by atoms with Gasteiger partial charge in [-0.05, 0) is 43.5 Å². The van der Waals surface area contributed by atoms with Crippen molar-refractivity contribution in [2.75, 3.05) is 5.75 Å². The van der Waals surface area contributed by atoms with Gasteiger partial charge in [0.2, 0.25) is 5.91 Å². The third kappa shape index (κ3) is 3.71. The molecule has 1 amide bonds. The Morgan fingerprint density at radius 3 is 2.94 bits per heavy atom. The van der Waals surface area contributed by atoms with Crippen LogP contribution in [0.15, 0.2) is 23.1 Å². The predicted molar refractivity (Wildman–Crippen MR) is 70.9 cm³/mol. The van der Waals surface area contributed by atoms with Crippen molar-refractivity contribution in [3.8, 4) is 0 Å². The van der Waals surface area contributed by atoms with Crippen LogP contribution in [0.25, 0.3) is 0 Å². The van der Waals surface area contributed by atoms with Crippen LogP contribution in [0.2, 0.25) is 0 Å². The molecule has 0 bridgehead atoms. The smallest absolute Gasteiger partial charge is 0.230 e. The van der Waals surface area contributed by atoms with Gasteiger partial charge in [-0.1, -0.05) is 0 Å². The second-order valence-corrected chi connectivity index (χ2v) is 5.62. The van der Waals surface area contributed by atoms with Gasteiger partial charge >= 0.3 is 0 Å². The molecule has 2 rings (SSSR count). The quantitative estimate of drug-likeness (QED) is 0.805. The first-order chi connectivity index (χ1) is 8.56. The van der Waals surface area contributed by atoms with E-state index >= 15 is 0 Å². The third-order valence-electron chi connectivity index (χ3n) is 2.76. The summed E-state index contributed by atoms with van der Waals surface area (Å²) in [5.41, 5.74) is 6.55. The summed E-state index contributed by atoms with van der Waals surface area (Å²) in [6.45, 7) is 1.81. The van der Waals surface area contributed by atoms with Crippen LogP contribution in [0.3, 0.4) is 0 Å². The van der Waals surface area contributed by atoms with Gasteiger partial charge in [-0.15, -0.1) is 11.8 Å². The van der Waals surface area contributed by atoms with Crippen LogP contribution >= 0.6 is 11.8 Å². The monoisotopic (exact) mass is 268 g/mol. The minimum absolute atomic E-state index is 0.0300. The second-order valence-electron chi connectivity index (χ2n) is 4.60. The molecule has 1 atom stereocenters. The summed E-state index contributed by atoms with van der Waals surface area (Å²) in [6.07, 6.45) is 2.16. The summed E-state index contributed by atoms with van der Waals surface area (Å²) < 4.78 is 13.1. The molecular weight excluding hydrogens is 251 g/mol. The number of halogens is 1. The number of hydrogen-bond donors (Lipinski definition) is 2. The lowest BCUT2D eigenvalue weighted by Gasteiger charge is -2.12. The van der Waals surface area contributed by atoms with Crippen molar-refractivity contribution < 1.29 is 9.18 Å². The van der Waals surface area contributed by atoms with E-state index < -0.39 is 0 Å². The van der Waals surface area contributed by atoms with Gasteiger partial charge in [0.1, 0.15) is 5.82 Å². The van der Waals surface area contributed by atoms with E-state index in [2.05, 4.69) is 5.32 Å². The number of thioether (sulfide) groups is 1. The van der Waals surface area contributed by atoms with Crippen LogP contribution in [0.5, 0.6) is 0 Å². The van der Waals surface area contributed by atoms with E-state index in [0.29, 0.717) is 11.8 Å². The van der Waals surface area contributed by atoms with E-state index in [0.717, 1.165) is 23.3 Å². The molecule has 3 N–H and O–H groups in total. The highest BCUT2D eigenvalue weighted by Gasteiger charge is 2.23. The molecule has 1 aliphatic carbocycles. The molecule has 0 aliphatic heterocycles. The Morgan fingerprint density at radius 1 is 1.61 bits per heavy atom. The van der Waals surface area contributed by atoms with Crippen LogP contribution in [0.1, 0.15) is 31.4 Å². The van der Waals surface area contributed by atoms with Crippen LogP contribution in [-0.4, -0.2) is 17.7 Å². The minimum Gasteiger partial charge on any atom is -0.353 e. The molecule has 1 aliphatic rings. The fraction of sp³-hybridized carbons (Fsp3) is 0.462.